The maximum absolute atomic E-state index is 11.8. The van der Waals surface area contributed by atoms with E-state index in [-0.39, 0.29) is 19.0 Å². The van der Waals surface area contributed by atoms with Crippen LogP contribution in [0.15, 0.2) is 48.5 Å². The molecule has 0 aromatic heterocycles. The highest BCUT2D eigenvalue weighted by atomic mass is 16.5. The Morgan fingerprint density at radius 2 is 1.67 bits per heavy atom. The van der Waals surface area contributed by atoms with Crippen molar-refractivity contribution in [2.45, 2.75) is 13.0 Å². The van der Waals surface area contributed by atoms with E-state index >= 15 is 0 Å². The SMILES string of the molecule is NC(=O)c1ccccc1COC(=O)Cc1ccc(N)cc1. The molecule has 0 atom stereocenters. The molecular formula is C16H16N2O3. The lowest BCUT2D eigenvalue weighted by Crippen LogP contribution is -2.15. The summed E-state index contributed by atoms with van der Waals surface area (Å²) in [5.74, 6) is -0.917. The third kappa shape index (κ3) is 4.07. The van der Waals surface area contributed by atoms with Crippen LogP contribution in [0.1, 0.15) is 21.5 Å². The molecule has 0 unspecified atom stereocenters. The Bertz CT molecular complexity index is 651. The van der Waals surface area contributed by atoms with E-state index in [4.69, 9.17) is 16.2 Å². The Labute approximate surface area is 122 Å². The fourth-order valence-corrected chi connectivity index (χ4v) is 1.90. The molecule has 0 spiro atoms. The minimum atomic E-state index is -0.541. The van der Waals surface area contributed by atoms with Gasteiger partial charge in [0.15, 0.2) is 0 Å². The van der Waals surface area contributed by atoms with Crippen molar-refractivity contribution >= 4 is 17.6 Å². The number of carbonyl (C=O) groups excluding carboxylic acids is 2. The largest absolute Gasteiger partial charge is 0.461 e. The number of hydrogen-bond acceptors (Lipinski definition) is 4. The molecule has 5 nitrogen and oxygen atoms in total. The number of hydrogen-bond donors (Lipinski definition) is 2. The van der Waals surface area contributed by atoms with E-state index in [2.05, 4.69) is 0 Å². The fraction of sp³-hybridized carbons (Fsp3) is 0.125. The average molecular weight is 284 g/mol. The Kier molecular flexibility index (Phi) is 4.56. The van der Waals surface area contributed by atoms with Gasteiger partial charge in [-0.2, -0.15) is 0 Å². The fourth-order valence-electron chi connectivity index (χ4n) is 1.90. The molecule has 5 heteroatoms. The highest BCUT2D eigenvalue weighted by molar-refractivity contribution is 5.94. The monoisotopic (exact) mass is 284 g/mol. The van der Waals surface area contributed by atoms with Gasteiger partial charge in [-0.15, -0.1) is 0 Å². The highest BCUT2D eigenvalue weighted by Crippen LogP contribution is 2.11. The number of benzene rings is 2. The smallest absolute Gasteiger partial charge is 0.310 e. The summed E-state index contributed by atoms with van der Waals surface area (Å²) in [6.07, 6.45) is 0.152. The number of esters is 1. The van der Waals surface area contributed by atoms with Crippen molar-refractivity contribution in [2.24, 2.45) is 5.73 Å². The normalized spacial score (nSPS) is 10.1. The van der Waals surface area contributed by atoms with Crippen LogP contribution >= 0.6 is 0 Å². The quantitative estimate of drug-likeness (QED) is 0.644. The first-order valence-electron chi connectivity index (χ1n) is 6.44. The van der Waals surface area contributed by atoms with E-state index in [9.17, 15) is 9.59 Å². The summed E-state index contributed by atoms with van der Waals surface area (Å²) in [6.45, 7) is 0.0208. The molecule has 108 valence electrons. The number of primary amides is 1. The van der Waals surface area contributed by atoms with Crippen LogP contribution in [0, 0.1) is 0 Å². The van der Waals surface area contributed by atoms with E-state index in [0.29, 0.717) is 16.8 Å². The van der Waals surface area contributed by atoms with Gasteiger partial charge in [-0.1, -0.05) is 30.3 Å². The van der Waals surface area contributed by atoms with Crippen molar-refractivity contribution in [3.63, 3.8) is 0 Å². The van der Waals surface area contributed by atoms with Crippen LogP contribution in [0.5, 0.6) is 0 Å². The van der Waals surface area contributed by atoms with E-state index in [1.165, 1.54) is 0 Å². The predicted octanol–water partition coefficient (Wildman–Crippen LogP) is 1.65. The van der Waals surface area contributed by atoms with Crippen LogP contribution < -0.4 is 11.5 Å². The number of anilines is 1. The van der Waals surface area contributed by atoms with Gasteiger partial charge in [0, 0.05) is 16.8 Å². The van der Waals surface area contributed by atoms with Crippen LogP contribution in [0.4, 0.5) is 5.69 Å². The van der Waals surface area contributed by atoms with Gasteiger partial charge in [-0.3, -0.25) is 9.59 Å². The molecular weight excluding hydrogens is 268 g/mol. The minimum Gasteiger partial charge on any atom is -0.461 e. The molecule has 2 rings (SSSR count). The van der Waals surface area contributed by atoms with Crippen LogP contribution in [-0.2, 0) is 22.6 Å². The van der Waals surface area contributed by atoms with Crippen LogP contribution in [0.25, 0.3) is 0 Å². The van der Waals surface area contributed by atoms with E-state index in [1.54, 1.807) is 48.5 Å². The van der Waals surface area contributed by atoms with Gasteiger partial charge in [0.25, 0.3) is 0 Å². The average Bonchev–Trinajstić information content (AvgIpc) is 2.48. The third-order valence-electron chi connectivity index (χ3n) is 3.00. The summed E-state index contributed by atoms with van der Waals surface area (Å²) < 4.78 is 5.18. The molecule has 2 aromatic carbocycles. The summed E-state index contributed by atoms with van der Waals surface area (Å²) in [6, 6.07) is 13.8. The maximum atomic E-state index is 11.8. The first-order valence-corrected chi connectivity index (χ1v) is 6.44. The molecule has 1 amide bonds. The zero-order valence-electron chi connectivity index (χ0n) is 11.4. The first-order chi connectivity index (χ1) is 10.1. The standard InChI is InChI=1S/C16H16N2O3/c17-13-7-5-11(6-8-13)9-15(19)21-10-12-3-1-2-4-14(12)16(18)20/h1-8H,9-10,17H2,(H2,18,20). The minimum absolute atomic E-state index is 0.0208. The first kappa shape index (κ1) is 14.6. The molecule has 0 saturated heterocycles. The van der Waals surface area contributed by atoms with Crippen LogP contribution in [0.3, 0.4) is 0 Å². The molecule has 0 fully saturated rings. The van der Waals surface area contributed by atoms with Crippen molar-refractivity contribution in [3.8, 4) is 0 Å². The zero-order chi connectivity index (χ0) is 15.2. The van der Waals surface area contributed by atoms with Crippen molar-refractivity contribution < 1.29 is 14.3 Å². The molecule has 21 heavy (non-hydrogen) atoms. The summed E-state index contributed by atoms with van der Waals surface area (Å²) in [4.78, 5) is 23.0. The van der Waals surface area contributed by atoms with Crippen molar-refractivity contribution in [3.05, 3.63) is 65.2 Å². The highest BCUT2D eigenvalue weighted by Gasteiger charge is 2.10. The van der Waals surface area contributed by atoms with Gasteiger partial charge < -0.3 is 16.2 Å². The summed E-state index contributed by atoms with van der Waals surface area (Å²) in [5.41, 5.74) is 13.3. The summed E-state index contributed by atoms with van der Waals surface area (Å²) in [7, 11) is 0. The van der Waals surface area contributed by atoms with Gasteiger partial charge in [0.05, 0.1) is 6.42 Å². The Balaban J connectivity index is 1.95. The molecule has 0 aliphatic rings. The van der Waals surface area contributed by atoms with Gasteiger partial charge in [-0.25, -0.2) is 0 Å². The number of amides is 1. The lowest BCUT2D eigenvalue weighted by atomic mass is 10.1. The van der Waals surface area contributed by atoms with Gasteiger partial charge >= 0.3 is 5.97 Å². The molecule has 0 bridgehead atoms. The second-order valence-electron chi connectivity index (χ2n) is 4.60. The van der Waals surface area contributed by atoms with Gasteiger partial charge in [0.2, 0.25) is 5.91 Å². The Morgan fingerprint density at radius 1 is 1.00 bits per heavy atom. The van der Waals surface area contributed by atoms with Crippen LogP contribution in [0.2, 0.25) is 0 Å². The zero-order valence-corrected chi connectivity index (χ0v) is 11.4. The molecule has 0 saturated carbocycles. The third-order valence-corrected chi connectivity index (χ3v) is 3.00. The van der Waals surface area contributed by atoms with Gasteiger partial charge in [0.1, 0.15) is 6.61 Å². The number of rotatable bonds is 5. The summed E-state index contributed by atoms with van der Waals surface area (Å²) >= 11 is 0. The lowest BCUT2D eigenvalue weighted by molar-refractivity contribution is -0.144. The number of ether oxygens (including phenoxy) is 1. The molecule has 0 radical (unpaired) electrons. The van der Waals surface area contributed by atoms with Crippen LogP contribution in [-0.4, -0.2) is 11.9 Å². The second kappa shape index (κ2) is 6.56. The second-order valence-corrected chi connectivity index (χ2v) is 4.60. The lowest BCUT2D eigenvalue weighted by Gasteiger charge is -2.08. The molecule has 0 aliphatic carbocycles. The predicted molar refractivity (Wildman–Crippen MR) is 79.3 cm³/mol. The molecule has 4 N–H and O–H groups in total. The van der Waals surface area contributed by atoms with E-state index in [1.807, 2.05) is 0 Å². The molecule has 0 heterocycles. The number of carbonyl (C=O) groups is 2. The van der Waals surface area contributed by atoms with E-state index < -0.39 is 5.91 Å². The van der Waals surface area contributed by atoms with Crippen molar-refractivity contribution in [1.82, 2.24) is 0 Å². The van der Waals surface area contributed by atoms with Gasteiger partial charge in [-0.05, 0) is 23.8 Å². The van der Waals surface area contributed by atoms with E-state index in [0.717, 1.165) is 5.56 Å². The topological polar surface area (TPSA) is 95.4 Å². The number of nitrogens with two attached hydrogens (primary N) is 2. The Hall–Kier alpha value is -2.82. The maximum Gasteiger partial charge on any atom is 0.310 e. The Morgan fingerprint density at radius 3 is 2.33 bits per heavy atom. The summed E-state index contributed by atoms with van der Waals surface area (Å²) in [5, 5.41) is 0. The number of nitrogen functional groups attached to an aromatic ring is 1. The van der Waals surface area contributed by atoms with Crippen molar-refractivity contribution in [1.29, 1.82) is 0 Å². The van der Waals surface area contributed by atoms with Crippen molar-refractivity contribution in [2.75, 3.05) is 5.73 Å². The molecule has 2 aromatic rings. The molecule has 0 aliphatic heterocycles.